The lowest BCUT2D eigenvalue weighted by Crippen LogP contribution is -2.35. The number of benzene rings is 2. The molecule has 2 aromatic carbocycles. The summed E-state index contributed by atoms with van der Waals surface area (Å²) >= 11 is 3.39. The second-order valence-corrected chi connectivity index (χ2v) is 7.02. The number of hydrogen-bond donors (Lipinski definition) is 1. The van der Waals surface area contributed by atoms with Crippen LogP contribution in [0.25, 0.3) is 0 Å². The van der Waals surface area contributed by atoms with Gasteiger partial charge in [0.2, 0.25) is 11.8 Å². The Bertz CT molecular complexity index is 775. The van der Waals surface area contributed by atoms with Crippen LogP contribution in [0.4, 0.5) is 5.69 Å². The molecule has 2 aromatic rings. The lowest BCUT2D eigenvalue weighted by Gasteiger charge is -2.17. The number of anilines is 1. The summed E-state index contributed by atoms with van der Waals surface area (Å²) in [5.41, 5.74) is 2.76. The van der Waals surface area contributed by atoms with Crippen LogP contribution in [0.3, 0.4) is 0 Å². The second-order valence-electron chi connectivity index (χ2n) is 6.11. The normalized spacial score (nSPS) is 10.3. The summed E-state index contributed by atoms with van der Waals surface area (Å²) in [6, 6.07) is 13.3. The lowest BCUT2D eigenvalue weighted by atomic mass is 10.1. The second kappa shape index (κ2) is 9.38. The van der Waals surface area contributed by atoms with E-state index in [1.54, 1.807) is 14.2 Å². The van der Waals surface area contributed by atoms with Gasteiger partial charge in [0.25, 0.3) is 0 Å². The Morgan fingerprint density at radius 1 is 1.15 bits per heavy atom. The molecule has 26 heavy (non-hydrogen) atoms. The van der Waals surface area contributed by atoms with Gasteiger partial charge in [0.15, 0.2) is 0 Å². The standard InChI is InChI=1S/C20H23BrN2O3/c1-14-12-16(21)7-10-18(14)22-19(24)13-23(2)20(25)11-6-15-4-8-17(26-3)9-5-15/h4-5,7-10,12H,6,11,13H2,1-3H3,(H,22,24). The first-order valence-electron chi connectivity index (χ1n) is 8.32. The van der Waals surface area contributed by atoms with E-state index in [0.29, 0.717) is 12.8 Å². The zero-order valence-corrected chi connectivity index (χ0v) is 16.8. The molecule has 0 spiro atoms. The van der Waals surface area contributed by atoms with Crippen molar-refractivity contribution in [1.82, 2.24) is 4.90 Å². The Morgan fingerprint density at radius 2 is 1.85 bits per heavy atom. The summed E-state index contributed by atoms with van der Waals surface area (Å²) < 4.78 is 6.08. The Balaban J connectivity index is 1.82. The minimum Gasteiger partial charge on any atom is -0.497 e. The van der Waals surface area contributed by atoms with Crippen LogP contribution in [0.5, 0.6) is 5.75 Å². The van der Waals surface area contributed by atoms with E-state index < -0.39 is 0 Å². The third kappa shape index (κ3) is 5.88. The highest BCUT2D eigenvalue weighted by Gasteiger charge is 2.14. The molecule has 5 nitrogen and oxygen atoms in total. The van der Waals surface area contributed by atoms with Crippen LogP contribution in [0.15, 0.2) is 46.9 Å². The predicted octanol–water partition coefficient (Wildman–Crippen LogP) is 3.80. The number of halogens is 1. The molecule has 6 heteroatoms. The molecule has 2 amide bonds. The molecule has 0 heterocycles. The van der Waals surface area contributed by atoms with Crippen molar-refractivity contribution < 1.29 is 14.3 Å². The number of methoxy groups -OCH3 is 1. The largest absolute Gasteiger partial charge is 0.497 e. The molecule has 0 radical (unpaired) electrons. The molecule has 0 unspecified atom stereocenters. The zero-order valence-electron chi connectivity index (χ0n) is 15.2. The molecule has 0 fully saturated rings. The fourth-order valence-corrected chi connectivity index (χ4v) is 2.97. The van der Waals surface area contributed by atoms with Gasteiger partial charge in [-0.3, -0.25) is 9.59 Å². The maximum absolute atomic E-state index is 12.3. The van der Waals surface area contributed by atoms with E-state index in [-0.39, 0.29) is 18.4 Å². The summed E-state index contributed by atoms with van der Waals surface area (Å²) in [6.45, 7) is 1.95. The number of carbonyl (C=O) groups excluding carboxylic acids is 2. The van der Waals surface area contributed by atoms with Crippen molar-refractivity contribution in [3.63, 3.8) is 0 Å². The highest BCUT2D eigenvalue weighted by atomic mass is 79.9. The summed E-state index contributed by atoms with van der Waals surface area (Å²) in [5, 5.41) is 2.84. The van der Waals surface area contributed by atoms with Gasteiger partial charge in [-0.25, -0.2) is 0 Å². The van der Waals surface area contributed by atoms with Crippen molar-refractivity contribution >= 4 is 33.4 Å². The van der Waals surface area contributed by atoms with Crippen molar-refractivity contribution in [2.75, 3.05) is 26.0 Å². The molecule has 1 N–H and O–H groups in total. The van der Waals surface area contributed by atoms with Gasteiger partial charge in [-0.2, -0.15) is 0 Å². The van der Waals surface area contributed by atoms with Gasteiger partial charge in [0.1, 0.15) is 5.75 Å². The van der Waals surface area contributed by atoms with Crippen LogP contribution < -0.4 is 10.1 Å². The van der Waals surface area contributed by atoms with Gasteiger partial charge in [-0.05, 0) is 54.8 Å². The average molecular weight is 419 g/mol. The summed E-state index contributed by atoms with van der Waals surface area (Å²) in [4.78, 5) is 25.9. The number of nitrogens with one attached hydrogen (secondary N) is 1. The van der Waals surface area contributed by atoms with Crippen molar-refractivity contribution in [2.24, 2.45) is 0 Å². The van der Waals surface area contributed by atoms with E-state index >= 15 is 0 Å². The summed E-state index contributed by atoms with van der Waals surface area (Å²) in [6.07, 6.45) is 0.980. The first-order chi connectivity index (χ1) is 12.4. The Labute approximate surface area is 162 Å². The zero-order chi connectivity index (χ0) is 19.1. The Hall–Kier alpha value is -2.34. The number of hydrogen-bond acceptors (Lipinski definition) is 3. The van der Waals surface area contributed by atoms with Crippen LogP contribution in [-0.2, 0) is 16.0 Å². The number of amides is 2. The first-order valence-corrected chi connectivity index (χ1v) is 9.11. The molecule has 138 valence electrons. The molecule has 0 aromatic heterocycles. The van der Waals surface area contributed by atoms with E-state index in [9.17, 15) is 9.59 Å². The van der Waals surface area contributed by atoms with E-state index in [1.165, 1.54) is 4.90 Å². The number of rotatable bonds is 7. The van der Waals surface area contributed by atoms with E-state index in [0.717, 1.165) is 27.0 Å². The third-order valence-corrected chi connectivity index (χ3v) is 4.55. The van der Waals surface area contributed by atoms with Crippen molar-refractivity contribution in [1.29, 1.82) is 0 Å². The number of likely N-dealkylation sites (N-methyl/N-ethyl adjacent to an activating group) is 1. The number of nitrogens with zero attached hydrogens (tertiary/aromatic N) is 1. The van der Waals surface area contributed by atoms with Crippen LogP contribution in [0.2, 0.25) is 0 Å². The van der Waals surface area contributed by atoms with Gasteiger partial charge in [-0.15, -0.1) is 0 Å². The van der Waals surface area contributed by atoms with E-state index in [4.69, 9.17) is 4.74 Å². The minimum atomic E-state index is -0.212. The monoisotopic (exact) mass is 418 g/mol. The lowest BCUT2D eigenvalue weighted by molar-refractivity contribution is -0.133. The van der Waals surface area contributed by atoms with Crippen molar-refractivity contribution in [3.8, 4) is 5.75 Å². The number of carbonyl (C=O) groups is 2. The Morgan fingerprint density at radius 3 is 2.46 bits per heavy atom. The fourth-order valence-electron chi connectivity index (χ4n) is 2.49. The SMILES string of the molecule is COc1ccc(CCC(=O)N(C)CC(=O)Nc2ccc(Br)cc2C)cc1. The topological polar surface area (TPSA) is 58.6 Å². The average Bonchev–Trinajstić information content (AvgIpc) is 2.62. The predicted molar refractivity (Wildman–Crippen MR) is 106 cm³/mol. The van der Waals surface area contributed by atoms with E-state index in [1.807, 2.05) is 49.4 Å². The van der Waals surface area contributed by atoms with Gasteiger partial charge in [-0.1, -0.05) is 28.1 Å². The van der Waals surface area contributed by atoms with Crippen LogP contribution in [0.1, 0.15) is 17.5 Å². The molecule has 0 atom stereocenters. The molecule has 0 aliphatic carbocycles. The first kappa shape index (κ1) is 20.0. The highest BCUT2D eigenvalue weighted by molar-refractivity contribution is 9.10. The number of aryl methyl sites for hydroxylation is 2. The minimum absolute atomic E-state index is 0.0248. The van der Waals surface area contributed by atoms with Crippen molar-refractivity contribution in [3.05, 3.63) is 58.1 Å². The van der Waals surface area contributed by atoms with Gasteiger partial charge in [0, 0.05) is 23.6 Å². The fraction of sp³-hybridized carbons (Fsp3) is 0.300. The summed E-state index contributed by atoms with van der Waals surface area (Å²) in [7, 11) is 3.26. The van der Waals surface area contributed by atoms with Gasteiger partial charge in [0.05, 0.1) is 13.7 Å². The maximum Gasteiger partial charge on any atom is 0.243 e. The van der Waals surface area contributed by atoms with Crippen molar-refractivity contribution in [2.45, 2.75) is 19.8 Å². The quantitative estimate of drug-likeness (QED) is 0.743. The third-order valence-electron chi connectivity index (χ3n) is 4.06. The highest BCUT2D eigenvalue weighted by Crippen LogP contribution is 2.20. The molecular weight excluding hydrogens is 396 g/mol. The molecule has 0 aliphatic rings. The van der Waals surface area contributed by atoms with Gasteiger partial charge >= 0.3 is 0 Å². The molecule has 2 rings (SSSR count). The molecule has 0 bridgehead atoms. The molecular formula is C20H23BrN2O3. The molecule has 0 saturated heterocycles. The van der Waals surface area contributed by atoms with Crippen LogP contribution in [-0.4, -0.2) is 37.4 Å². The smallest absolute Gasteiger partial charge is 0.243 e. The Kier molecular flexibility index (Phi) is 7.21. The van der Waals surface area contributed by atoms with Crippen LogP contribution in [0, 0.1) is 6.92 Å². The number of ether oxygens (including phenoxy) is 1. The molecule has 0 aliphatic heterocycles. The maximum atomic E-state index is 12.3. The van der Waals surface area contributed by atoms with Gasteiger partial charge < -0.3 is 15.0 Å². The molecule has 0 saturated carbocycles. The summed E-state index contributed by atoms with van der Waals surface area (Å²) in [5.74, 6) is 0.510. The van der Waals surface area contributed by atoms with Crippen LogP contribution >= 0.6 is 15.9 Å². The van der Waals surface area contributed by atoms with E-state index in [2.05, 4.69) is 21.2 Å².